The minimum atomic E-state index is 0.0915. The molecule has 0 bridgehead atoms. The summed E-state index contributed by atoms with van der Waals surface area (Å²) in [5, 5.41) is 4.68. The number of nitrogens with zero attached hydrogens (tertiary/aromatic N) is 2. The minimum Gasteiger partial charge on any atom is -0.254 e. The first kappa shape index (κ1) is 25.1. The Bertz CT molecular complexity index is 2210. The topological polar surface area (TPSA) is 25.8 Å². The molecule has 1 spiro atoms. The van der Waals surface area contributed by atoms with Gasteiger partial charge in [-0.05, 0) is 76.2 Å². The van der Waals surface area contributed by atoms with E-state index in [0.717, 1.165) is 27.5 Å². The number of fused-ring (bicyclic) bond motifs is 8. The maximum absolute atomic E-state index is 5.34. The fourth-order valence-corrected chi connectivity index (χ4v) is 8.98. The van der Waals surface area contributed by atoms with Crippen LogP contribution in [-0.2, 0) is 5.41 Å². The van der Waals surface area contributed by atoms with Crippen molar-refractivity contribution >= 4 is 44.3 Å². The number of rotatable bonds is 2. The lowest BCUT2D eigenvalue weighted by Gasteiger charge is -2.43. The van der Waals surface area contributed by atoms with Crippen LogP contribution < -0.4 is 0 Å². The molecule has 0 unspecified atom stereocenters. The van der Waals surface area contributed by atoms with E-state index in [-0.39, 0.29) is 5.41 Å². The number of hydrogen-bond acceptors (Lipinski definition) is 3. The highest BCUT2D eigenvalue weighted by molar-refractivity contribution is 7.99. The second-order valence-electron chi connectivity index (χ2n) is 12.1. The summed E-state index contributed by atoms with van der Waals surface area (Å²) >= 11 is 1.94. The first-order valence-corrected chi connectivity index (χ1v) is 16.2. The van der Waals surface area contributed by atoms with Crippen LogP contribution >= 0.6 is 11.8 Å². The summed E-state index contributed by atoms with van der Waals surface area (Å²) in [7, 11) is 0. The first-order valence-electron chi connectivity index (χ1n) is 15.4. The molecule has 3 heteroatoms. The normalized spacial score (nSPS) is 15.5. The molecular formula is C40H30N2S. The van der Waals surface area contributed by atoms with Crippen LogP contribution in [0, 0.1) is 0 Å². The Morgan fingerprint density at radius 1 is 0.581 bits per heavy atom. The van der Waals surface area contributed by atoms with Crippen molar-refractivity contribution in [3.8, 4) is 22.4 Å². The Morgan fingerprint density at radius 2 is 1.33 bits per heavy atom. The highest BCUT2D eigenvalue weighted by Crippen LogP contribution is 2.56. The number of hydrogen-bond donors (Lipinski definition) is 0. The number of aromatic nitrogens is 2. The molecule has 2 aromatic heterocycles. The molecule has 43 heavy (non-hydrogen) atoms. The van der Waals surface area contributed by atoms with Crippen LogP contribution in [0.15, 0.2) is 131 Å². The SMILES string of the molecule is c1ccc2c(c1)Sc1ccc(-c3ccc4ccccc4c3-c3ccc4ccc5cccnc5c4n3)cc1C21CCCCC1. The van der Waals surface area contributed by atoms with Crippen molar-refractivity contribution in [1.82, 2.24) is 9.97 Å². The predicted octanol–water partition coefficient (Wildman–Crippen LogP) is 11.0. The van der Waals surface area contributed by atoms with Crippen LogP contribution in [0.3, 0.4) is 0 Å². The van der Waals surface area contributed by atoms with Crippen molar-refractivity contribution in [2.45, 2.75) is 47.3 Å². The third-order valence-electron chi connectivity index (χ3n) is 9.75. The molecule has 1 fully saturated rings. The van der Waals surface area contributed by atoms with E-state index in [2.05, 4.69) is 109 Å². The molecule has 0 N–H and O–H groups in total. The Morgan fingerprint density at radius 3 is 2.26 bits per heavy atom. The molecule has 0 saturated heterocycles. The Kier molecular flexibility index (Phi) is 5.71. The van der Waals surface area contributed by atoms with Crippen molar-refractivity contribution in [3.05, 3.63) is 133 Å². The fraction of sp³-hybridized carbons (Fsp3) is 0.150. The molecule has 206 valence electrons. The molecule has 0 radical (unpaired) electrons. The molecule has 9 rings (SSSR count). The summed E-state index contributed by atoms with van der Waals surface area (Å²) in [6, 6.07) is 42.5. The van der Waals surface area contributed by atoms with Gasteiger partial charge in [0.25, 0.3) is 0 Å². The highest BCUT2D eigenvalue weighted by Gasteiger charge is 2.41. The quantitative estimate of drug-likeness (QED) is 0.193. The van der Waals surface area contributed by atoms with E-state index >= 15 is 0 Å². The van der Waals surface area contributed by atoms with Crippen LogP contribution in [0.25, 0.3) is 55.0 Å². The average molecular weight is 571 g/mol. The third-order valence-corrected chi connectivity index (χ3v) is 10.9. The van der Waals surface area contributed by atoms with Crippen LogP contribution in [0.2, 0.25) is 0 Å². The standard InChI is InChI=1S/C40H30N2S/c1-6-22-40(23-7-1)32-12-4-5-13-35(32)43-36-21-18-29(25-33(36)40)31-19-16-26-9-2-3-11-30(26)37(31)34-20-17-28-15-14-27-10-8-24-41-38(27)39(28)42-34/h2-5,8-21,24-25H,1,6-7,22-23H2. The van der Waals surface area contributed by atoms with Gasteiger partial charge >= 0.3 is 0 Å². The van der Waals surface area contributed by atoms with E-state index in [0.29, 0.717) is 0 Å². The molecule has 2 aliphatic rings. The van der Waals surface area contributed by atoms with Crippen molar-refractivity contribution in [2.24, 2.45) is 0 Å². The number of benzene rings is 5. The van der Waals surface area contributed by atoms with Gasteiger partial charge in [-0.1, -0.05) is 116 Å². The Labute approximate surface area is 255 Å². The van der Waals surface area contributed by atoms with Gasteiger partial charge < -0.3 is 0 Å². The van der Waals surface area contributed by atoms with Crippen LogP contribution in [0.4, 0.5) is 0 Å². The van der Waals surface area contributed by atoms with Gasteiger partial charge in [0.15, 0.2) is 0 Å². The van der Waals surface area contributed by atoms with Gasteiger partial charge in [0.2, 0.25) is 0 Å². The molecule has 0 atom stereocenters. The lowest BCUT2D eigenvalue weighted by Crippen LogP contribution is -2.33. The average Bonchev–Trinajstić information content (AvgIpc) is 3.08. The minimum absolute atomic E-state index is 0.0915. The third kappa shape index (κ3) is 3.88. The summed E-state index contributed by atoms with van der Waals surface area (Å²) in [6.45, 7) is 0. The molecule has 3 heterocycles. The summed E-state index contributed by atoms with van der Waals surface area (Å²) < 4.78 is 0. The monoisotopic (exact) mass is 570 g/mol. The summed E-state index contributed by atoms with van der Waals surface area (Å²) in [5.74, 6) is 0. The van der Waals surface area contributed by atoms with Crippen LogP contribution in [0.5, 0.6) is 0 Å². The van der Waals surface area contributed by atoms with E-state index in [1.54, 1.807) is 0 Å². The van der Waals surface area contributed by atoms with E-state index in [1.165, 1.54) is 80.5 Å². The van der Waals surface area contributed by atoms with Crippen LogP contribution in [-0.4, -0.2) is 9.97 Å². The van der Waals surface area contributed by atoms with E-state index < -0.39 is 0 Å². The van der Waals surface area contributed by atoms with Gasteiger partial charge in [-0.15, -0.1) is 0 Å². The fourth-order valence-electron chi connectivity index (χ4n) is 7.72. The zero-order valence-corrected chi connectivity index (χ0v) is 24.7. The lowest BCUT2D eigenvalue weighted by molar-refractivity contribution is 0.335. The van der Waals surface area contributed by atoms with E-state index in [9.17, 15) is 0 Å². The first-order chi connectivity index (χ1) is 21.3. The van der Waals surface area contributed by atoms with Crippen molar-refractivity contribution < 1.29 is 0 Å². The van der Waals surface area contributed by atoms with Crippen molar-refractivity contribution in [2.75, 3.05) is 0 Å². The molecule has 5 aromatic carbocycles. The van der Waals surface area contributed by atoms with Gasteiger partial charge in [-0.25, -0.2) is 4.98 Å². The molecular weight excluding hydrogens is 541 g/mol. The maximum atomic E-state index is 5.34. The zero-order chi connectivity index (χ0) is 28.4. The van der Waals surface area contributed by atoms with Gasteiger partial charge in [0.05, 0.1) is 16.7 Å². The largest absolute Gasteiger partial charge is 0.254 e. The van der Waals surface area contributed by atoms with Gasteiger partial charge in [0.1, 0.15) is 0 Å². The smallest absolute Gasteiger partial charge is 0.0972 e. The van der Waals surface area contributed by atoms with E-state index in [4.69, 9.17) is 9.97 Å². The Balaban J connectivity index is 1.29. The van der Waals surface area contributed by atoms with Crippen molar-refractivity contribution in [1.29, 1.82) is 0 Å². The molecule has 1 aliphatic carbocycles. The predicted molar refractivity (Wildman–Crippen MR) is 180 cm³/mol. The van der Waals surface area contributed by atoms with Gasteiger partial charge in [0, 0.05) is 37.7 Å². The van der Waals surface area contributed by atoms with Crippen LogP contribution in [0.1, 0.15) is 43.2 Å². The second-order valence-corrected chi connectivity index (χ2v) is 13.2. The number of pyridine rings is 2. The van der Waals surface area contributed by atoms with Gasteiger partial charge in [-0.2, -0.15) is 0 Å². The molecule has 0 amide bonds. The lowest BCUT2D eigenvalue weighted by atomic mass is 9.64. The maximum Gasteiger partial charge on any atom is 0.0972 e. The molecule has 1 aliphatic heterocycles. The molecule has 7 aromatic rings. The summed E-state index contributed by atoms with van der Waals surface area (Å²) in [5.41, 5.74) is 9.71. The zero-order valence-electron chi connectivity index (χ0n) is 23.9. The second kappa shape index (κ2) is 9.79. The summed E-state index contributed by atoms with van der Waals surface area (Å²) in [4.78, 5) is 12.9. The highest BCUT2D eigenvalue weighted by atomic mass is 32.2. The molecule has 2 nitrogen and oxygen atoms in total. The Hall–Kier alpha value is -4.47. The molecule has 1 saturated carbocycles. The summed E-state index contributed by atoms with van der Waals surface area (Å²) in [6.07, 6.45) is 8.21. The van der Waals surface area contributed by atoms with Crippen molar-refractivity contribution in [3.63, 3.8) is 0 Å². The van der Waals surface area contributed by atoms with Gasteiger partial charge in [-0.3, -0.25) is 4.98 Å². The van der Waals surface area contributed by atoms with E-state index in [1.807, 2.05) is 24.0 Å².